The second-order valence-electron chi connectivity index (χ2n) is 2.80. The van der Waals surface area contributed by atoms with Gasteiger partial charge in [0, 0.05) is 13.1 Å². The highest BCUT2D eigenvalue weighted by molar-refractivity contribution is 5.70. The molecule has 5 heteroatoms. The predicted molar refractivity (Wildman–Crippen MR) is 37.5 cm³/mol. The van der Waals surface area contributed by atoms with E-state index in [0.717, 1.165) is 0 Å². The molecule has 11 heavy (non-hydrogen) atoms. The van der Waals surface area contributed by atoms with Crippen molar-refractivity contribution in [1.82, 2.24) is 5.01 Å². The zero-order chi connectivity index (χ0) is 8.43. The first-order chi connectivity index (χ1) is 5.11. The Bertz CT molecular complexity index is 162. The number of β-amino-alcohol motifs (C(OH)–C–C–N with tert-alkyl or cyclic N) is 1. The van der Waals surface area contributed by atoms with Crippen LogP contribution in [0.2, 0.25) is 0 Å². The van der Waals surface area contributed by atoms with Gasteiger partial charge in [-0.15, -0.1) is 0 Å². The molecule has 0 aromatic carbocycles. The Hall–Kier alpha value is -0.650. The minimum atomic E-state index is -0.939. The molecule has 1 heterocycles. The number of hydrogen-bond donors (Lipinski definition) is 3. The predicted octanol–water partition coefficient (Wildman–Crippen LogP) is -1.37. The zero-order valence-corrected chi connectivity index (χ0v) is 6.10. The molecule has 2 atom stereocenters. The van der Waals surface area contributed by atoms with Crippen LogP contribution in [0.5, 0.6) is 0 Å². The summed E-state index contributed by atoms with van der Waals surface area (Å²) >= 11 is 0. The standard InChI is InChI=1S/C6H12N2O3/c7-8-2-1-4(6(10)11)5(9)3-8/h4-5,9H,1-3,7H2,(H,10,11). The topological polar surface area (TPSA) is 86.8 Å². The van der Waals surface area contributed by atoms with Crippen molar-refractivity contribution in [1.29, 1.82) is 0 Å². The third-order valence-corrected chi connectivity index (χ3v) is 1.93. The molecule has 1 aliphatic rings. The van der Waals surface area contributed by atoms with Gasteiger partial charge in [-0.05, 0) is 6.42 Å². The molecule has 64 valence electrons. The maximum absolute atomic E-state index is 10.5. The molecule has 0 saturated carbocycles. The lowest BCUT2D eigenvalue weighted by atomic mass is 9.95. The van der Waals surface area contributed by atoms with Gasteiger partial charge in [-0.1, -0.05) is 0 Å². The van der Waals surface area contributed by atoms with Crippen LogP contribution in [-0.4, -0.2) is 40.4 Å². The molecule has 0 aliphatic carbocycles. The van der Waals surface area contributed by atoms with E-state index in [0.29, 0.717) is 13.0 Å². The largest absolute Gasteiger partial charge is 0.481 e. The Balaban J connectivity index is 2.50. The monoisotopic (exact) mass is 160 g/mol. The highest BCUT2D eigenvalue weighted by Crippen LogP contribution is 2.15. The lowest BCUT2D eigenvalue weighted by Gasteiger charge is -2.30. The molecule has 1 saturated heterocycles. The fourth-order valence-corrected chi connectivity index (χ4v) is 1.24. The maximum atomic E-state index is 10.5. The first kappa shape index (κ1) is 8.45. The second kappa shape index (κ2) is 3.17. The molecule has 0 aromatic rings. The van der Waals surface area contributed by atoms with Crippen molar-refractivity contribution >= 4 is 5.97 Å². The normalized spacial score (nSPS) is 33.6. The number of carboxylic acid groups (broad SMARTS) is 1. The number of nitrogens with two attached hydrogens (primary N) is 1. The smallest absolute Gasteiger partial charge is 0.309 e. The summed E-state index contributed by atoms with van der Waals surface area (Å²) in [4.78, 5) is 10.5. The van der Waals surface area contributed by atoms with E-state index >= 15 is 0 Å². The number of piperidine rings is 1. The molecule has 0 bridgehead atoms. The van der Waals surface area contributed by atoms with Crippen molar-refractivity contribution < 1.29 is 15.0 Å². The van der Waals surface area contributed by atoms with E-state index < -0.39 is 18.0 Å². The van der Waals surface area contributed by atoms with Crippen LogP contribution in [0, 0.1) is 5.92 Å². The summed E-state index contributed by atoms with van der Waals surface area (Å²) in [5.41, 5.74) is 0. The molecule has 2 unspecified atom stereocenters. The van der Waals surface area contributed by atoms with Crippen LogP contribution in [0.1, 0.15) is 6.42 Å². The Kier molecular flexibility index (Phi) is 2.43. The summed E-state index contributed by atoms with van der Waals surface area (Å²) in [5.74, 6) is 3.78. The molecular formula is C6H12N2O3. The average molecular weight is 160 g/mol. The van der Waals surface area contributed by atoms with Crippen molar-refractivity contribution in [3.05, 3.63) is 0 Å². The molecule has 5 nitrogen and oxygen atoms in total. The number of nitrogens with zero attached hydrogens (tertiary/aromatic N) is 1. The van der Waals surface area contributed by atoms with Gasteiger partial charge >= 0.3 is 5.97 Å². The van der Waals surface area contributed by atoms with Crippen LogP contribution in [0.25, 0.3) is 0 Å². The number of carbonyl (C=O) groups is 1. The lowest BCUT2D eigenvalue weighted by molar-refractivity contribution is -0.148. The highest BCUT2D eigenvalue weighted by atomic mass is 16.4. The van der Waals surface area contributed by atoms with Gasteiger partial charge in [-0.25, -0.2) is 5.01 Å². The second-order valence-corrected chi connectivity index (χ2v) is 2.80. The number of aliphatic hydroxyl groups excluding tert-OH is 1. The Morgan fingerprint density at radius 2 is 2.27 bits per heavy atom. The van der Waals surface area contributed by atoms with E-state index in [2.05, 4.69) is 0 Å². The molecule has 0 amide bonds. The van der Waals surface area contributed by atoms with Crippen molar-refractivity contribution in [3.8, 4) is 0 Å². The van der Waals surface area contributed by atoms with Gasteiger partial charge in [0.25, 0.3) is 0 Å². The van der Waals surface area contributed by atoms with Gasteiger partial charge in [0.2, 0.25) is 0 Å². The van der Waals surface area contributed by atoms with Crippen molar-refractivity contribution in [2.24, 2.45) is 11.8 Å². The summed E-state index contributed by atoms with van der Waals surface area (Å²) in [6.07, 6.45) is -0.404. The number of rotatable bonds is 1. The van der Waals surface area contributed by atoms with Gasteiger partial charge in [-0.2, -0.15) is 0 Å². The summed E-state index contributed by atoms with van der Waals surface area (Å²) < 4.78 is 0. The number of carboxylic acids is 1. The Labute approximate surface area is 64.4 Å². The summed E-state index contributed by atoms with van der Waals surface area (Å²) in [5, 5.41) is 19.2. The Morgan fingerprint density at radius 1 is 1.64 bits per heavy atom. The van der Waals surface area contributed by atoms with E-state index in [1.54, 1.807) is 0 Å². The van der Waals surface area contributed by atoms with Crippen molar-refractivity contribution in [2.75, 3.05) is 13.1 Å². The SMILES string of the molecule is NN1CCC(C(=O)O)C(O)C1. The van der Waals surface area contributed by atoms with Crippen LogP contribution >= 0.6 is 0 Å². The first-order valence-corrected chi connectivity index (χ1v) is 3.52. The number of aliphatic hydroxyl groups is 1. The summed E-state index contributed by atoms with van der Waals surface area (Å²) in [7, 11) is 0. The van der Waals surface area contributed by atoms with Crippen LogP contribution in [-0.2, 0) is 4.79 Å². The minimum absolute atomic E-state index is 0.247. The molecule has 0 aromatic heterocycles. The zero-order valence-electron chi connectivity index (χ0n) is 6.10. The average Bonchev–Trinajstić information content (AvgIpc) is 1.85. The van der Waals surface area contributed by atoms with E-state index in [-0.39, 0.29) is 6.54 Å². The maximum Gasteiger partial charge on any atom is 0.309 e. The van der Waals surface area contributed by atoms with Gasteiger partial charge in [0.1, 0.15) is 0 Å². The van der Waals surface area contributed by atoms with Gasteiger partial charge in [-0.3, -0.25) is 10.6 Å². The minimum Gasteiger partial charge on any atom is -0.481 e. The molecule has 1 rings (SSSR count). The first-order valence-electron chi connectivity index (χ1n) is 3.52. The third-order valence-electron chi connectivity index (χ3n) is 1.93. The molecular weight excluding hydrogens is 148 g/mol. The molecule has 1 aliphatic heterocycles. The highest BCUT2D eigenvalue weighted by Gasteiger charge is 2.31. The fraction of sp³-hybridized carbons (Fsp3) is 0.833. The Morgan fingerprint density at radius 3 is 2.73 bits per heavy atom. The molecule has 0 radical (unpaired) electrons. The van der Waals surface area contributed by atoms with E-state index in [4.69, 9.17) is 10.9 Å². The van der Waals surface area contributed by atoms with Gasteiger partial charge in [0.15, 0.2) is 0 Å². The van der Waals surface area contributed by atoms with Crippen LogP contribution < -0.4 is 5.84 Å². The van der Waals surface area contributed by atoms with E-state index in [1.165, 1.54) is 5.01 Å². The van der Waals surface area contributed by atoms with Crippen LogP contribution in [0.15, 0.2) is 0 Å². The van der Waals surface area contributed by atoms with E-state index in [1.807, 2.05) is 0 Å². The molecule has 0 spiro atoms. The molecule has 4 N–H and O–H groups in total. The third kappa shape index (κ3) is 1.89. The molecule has 1 fully saturated rings. The van der Waals surface area contributed by atoms with Crippen molar-refractivity contribution in [2.45, 2.75) is 12.5 Å². The van der Waals surface area contributed by atoms with Gasteiger partial charge in [0.05, 0.1) is 12.0 Å². The number of hydrazine groups is 1. The number of aliphatic carboxylic acids is 1. The van der Waals surface area contributed by atoms with Crippen LogP contribution in [0.3, 0.4) is 0 Å². The quantitative estimate of drug-likeness (QED) is 0.412. The van der Waals surface area contributed by atoms with Crippen LogP contribution in [0.4, 0.5) is 0 Å². The summed E-state index contributed by atoms with van der Waals surface area (Å²) in [6, 6.07) is 0. The van der Waals surface area contributed by atoms with E-state index in [9.17, 15) is 9.90 Å². The van der Waals surface area contributed by atoms with Crippen molar-refractivity contribution in [3.63, 3.8) is 0 Å². The van der Waals surface area contributed by atoms with Gasteiger partial charge < -0.3 is 10.2 Å². The number of hydrogen-bond acceptors (Lipinski definition) is 4. The summed E-state index contributed by atoms with van der Waals surface area (Å²) in [6.45, 7) is 0.783. The fourth-order valence-electron chi connectivity index (χ4n) is 1.24. The lowest BCUT2D eigenvalue weighted by Crippen LogP contribution is -2.49.